The van der Waals surface area contributed by atoms with Gasteiger partial charge in [-0.05, 0) is 91.9 Å². The number of fused-ring (bicyclic) bond motifs is 5. The average Bonchev–Trinajstić information content (AvgIpc) is 3.12. The van der Waals surface area contributed by atoms with Crippen LogP contribution in [0, 0.1) is 17.3 Å². The molecule has 36 heavy (non-hydrogen) atoms. The number of hydrogen-bond acceptors (Lipinski definition) is 5. The molecule has 1 amide bonds. The second kappa shape index (κ2) is 12.8. The number of aliphatic hydroxyl groups excluding tert-OH is 1. The number of rotatable bonds is 7. The van der Waals surface area contributed by atoms with Crippen molar-refractivity contribution in [3.63, 3.8) is 0 Å². The van der Waals surface area contributed by atoms with Crippen molar-refractivity contribution in [1.82, 2.24) is 4.90 Å². The molecule has 1 aromatic rings. The number of benzene rings is 1. The molecule has 0 aromatic heterocycles. The van der Waals surface area contributed by atoms with E-state index in [1.54, 1.807) is 4.90 Å². The van der Waals surface area contributed by atoms with E-state index < -0.39 is 13.9 Å². The fourth-order valence-electron chi connectivity index (χ4n) is 6.43. The highest BCUT2D eigenvalue weighted by Gasteiger charge is 2.54. The van der Waals surface area contributed by atoms with Crippen molar-refractivity contribution in [3.05, 3.63) is 29.3 Å². The number of carbonyl (C=O) groups excluding carboxylic acids is 1. The number of phosphoric ester groups is 1. The SMILES string of the molecule is CCOP(=O)(O)O.C[C@]12CC[C@@H]3c4ccc(OC(=O)N(CCCl)CCCl)cc4CC[C@H]3[C@@H]1CC[C@@H]2O. The molecule has 8 nitrogen and oxygen atoms in total. The van der Waals surface area contributed by atoms with Crippen LogP contribution in [0.15, 0.2) is 18.2 Å². The molecule has 0 unspecified atom stereocenters. The summed E-state index contributed by atoms with van der Waals surface area (Å²) in [5.74, 6) is 3.16. The van der Waals surface area contributed by atoms with Gasteiger partial charge in [-0.3, -0.25) is 4.52 Å². The molecule has 0 heterocycles. The number of alkyl halides is 2. The third-order valence-corrected chi connectivity index (χ3v) is 9.05. The summed E-state index contributed by atoms with van der Waals surface area (Å²) in [5.41, 5.74) is 2.82. The molecule has 0 aliphatic heterocycles. The molecule has 2 fully saturated rings. The van der Waals surface area contributed by atoms with Crippen molar-refractivity contribution in [2.45, 2.75) is 64.4 Å². The number of hydrogen-bond donors (Lipinski definition) is 3. The number of aryl methyl sites for hydroxylation is 1. The van der Waals surface area contributed by atoms with Gasteiger partial charge in [0.25, 0.3) is 0 Å². The number of phosphoric acid groups is 1. The zero-order valence-electron chi connectivity index (χ0n) is 20.9. The van der Waals surface area contributed by atoms with Gasteiger partial charge in [-0.1, -0.05) is 13.0 Å². The van der Waals surface area contributed by atoms with E-state index in [9.17, 15) is 14.5 Å². The van der Waals surface area contributed by atoms with Crippen LogP contribution < -0.4 is 4.74 Å². The van der Waals surface area contributed by atoms with Gasteiger partial charge in [-0.2, -0.15) is 0 Å². The van der Waals surface area contributed by atoms with Crippen LogP contribution in [0.1, 0.15) is 63.0 Å². The summed E-state index contributed by atoms with van der Waals surface area (Å²) in [6, 6.07) is 6.13. The lowest BCUT2D eigenvalue weighted by atomic mass is 9.55. The van der Waals surface area contributed by atoms with Crippen molar-refractivity contribution in [2.75, 3.05) is 31.5 Å². The zero-order valence-corrected chi connectivity index (χ0v) is 23.4. The highest BCUT2D eigenvalue weighted by molar-refractivity contribution is 7.46. The molecule has 4 rings (SSSR count). The third-order valence-electron chi connectivity index (χ3n) is 8.12. The van der Waals surface area contributed by atoms with Gasteiger partial charge in [-0.15, -0.1) is 23.2 Å². The average molecular weight is 566 g/mol. The minimum atomic E-state index is -4.17. The second-order valence-corrected chi connectivity index (χ2v) is 12.1. The van der Waals surface area contributed by atoms with Gasteiger partial charge in [0.1, 0.15) is 5.75 Å². The molecule has 0 radical (unpaired) electrons. The van der Waals surface area contributed by atoms with Crippen LogP contribution in [0.25, 0.3) is 0 Å². The molecule has 204 valence electrons. The van der Waals surface area contributed by atoms with E-state index in [1.165, 1.54) is 18.1 Å². The Morgan fingerprint density at radius 2 is 1.86 bits per heavy atom. The third kappa shape index (κ3) is 6.96. The standard InChI is InChI=1S/C23H31Cl2NO3.C2H7O4P/c1-23-9-8-18-17-5-3-16(29-22(28)26(12-10-24)13-11-25)14-15(17)2-4-19(18)20(23)6-7-21(23)27;1-2-6-7(3,4)5/h3,5,14,18-21,27H,2,4,6-13H2,1H3;2H2,1H3,(H2,3,4,5)/t18-,19-,20+,21+,23+;/m1./s1. The van der Waals surface area contributed by atoms with Gasteiger partial charge in [-0.25, -0.2) is 9.36 Å². The number of carbonyl (C=O) groups is 1. The number of halogens is 2. The largest absolute Gasteiger partial charge is 0.469 e. The van der Waals surface area contributed by atoms with Gasteiger partial charge < -0.3 is 24.5 Å². The monoisotopic (exact) mass is 565 g/mol. The summed E-state index contributed by atoms with van der Waals surface area (Å²) < 4.78 is 19.2. The van der Waals surface area contributed by atoms with E-state index in [4.69, 9.17) is 37.7 Å². The minimum Gasteiger partial charge on any atom is -0.410 e. The molecule has 3 aliphatic rings. The normalized spacial score (nSPS) is 28.8. The van der Waals surface area contributed by atoms with Crippen molar-refractivity contribution in [3.8, 4) is 5.75 Å². The summed E-state index contributed by atoms with van der Waals surface area (Å²) in [6.45, 7) is 4.71. The Hall–Kier alpha value is -0.860. The van der Waals surface area contributed by atoms with Gasteiger partial charge >= 0.3 is 13.9 Å². The fourth-order valence-corrected chi connectivity index (χ4v) is 7.17. The molecule has 1 aromatic carbocycles. The fraction of sp³-hybridized carbons (Fsp3) is 0.720. The smallest absolute Gasteiger partial charge is 0.410 e. The molecular weight excluding hydrogens is 528 g/mol. The van der Waals surface area contributed by atoms with E-state index >= 15 is 0 Å². The van der Waals surface area contributed by atoms with Crippen LogP contribution in [-0.4, -0.2) is 63.4 Å². The first-order valence-electron chi connectivity index (χ1n) is 12.6. The Kier molecular flexibility index (Phi) is 10.6. The Morgan fingerprint density at radius 1 is 1.17 bits per heavy atom. The van der Waals surface area contributed by atoms with Gasteiger partial charge in [0.2, 0.25) is 0 Å². The van der Waals surface area contributed by atoms with E-state index in [0.717, 1.165) is 38.5 Å². The maximum absolute atomic E-state index is 12.4. The van der Waals surface area contributed by atoms with E-state index in [-0.39, 0.29) is 18.1 Å². The van der Waals surface area contributed by atoms with Crippen LogP contribution in [0.2, 0.25) is 0 Å². The van der Waals surface area contributed by atoms with Crippen LogP contribution in [0.5, 0.6) is 5.75 Å². The molecule has 3 aliphatic carbocycles. The van der Waals surface area contributed by atoms with Crippen molar-refractivity contribution in [1.29, 1.82) is 0 Å². The first-order valence-corrected chi connectivity index (χ1v) is 15.2. The summed E-state index contributed by atoms with van der Waals surface area (Å²) in [6.07, 6.45) is 5.98. The molecule has 11 heteroatoms. The van der Waals surface area contributed by atoms with Crippen LogP contribution in [0.4, 0.5) is 4.79 Å². The predicted molar refractivity (Wildman–Crippen MR) is 140 cm³/mol. The van der Waals surface area contributed by atoms with Gasteiger partial charge in [0.15, 0.2) is 0 Å². The maximum atomic E-state index is 12.4. The van der Waals surface area contributed by atoms with Crippen LogP contribution >= 0.6 is 31.0 Å². The molecular formula is C25H38Cl2NO7P. The first-order chi connectivity index (χ1) is 17.0. The summed E-state index contributed by atoms with van der Waals surface area (Å²) in [7, 11) is -4.17. The van der Waals surface area contributed by atoms with Crippen molar-refractivity contribution < 1.29 is 33.5 Å². The Balaban J connectivity index is 0.000000454. The van der Waals surface area contributed by atoms with Crippen molar-refractivity contribution >= 4 is 37.1 Å². The predicted octanol–water partition coefficient (Wildman–Crippen LogP) is 5.30. The number of ether oxygens (including phenoxy) is 1. The topological polar surface area (TPSA) is 117 Å². The highest BCUT2D eigenvalue weighted by atomic mass is 35.5. The molecule has 3 N–H and O–H groups in total. The Bertz CT molecular complexity index is 939. The van der Waals surface area contributed by atoms with Gasteiger partial charge in [0.05, 0.1) is 12.7 Å². The van der Waals surface area contributed by atoms with Crippen molar-refractivity contribution in [2.24, 2.45) is 17.3 Å². The summed E-state index contributed by atoms with van der Waals surface area (Å²) >= 11 is 11.6. The lowest BCUT2D eigenvalue weighted by Crippen LogP contribution is -2.43. The highest BCUT2D eigenvalue weighted by Crippen LogP contribution is 2.60. The first kappa shape index (κ1) is 29.7. The summed E-state index contributed by atoms with van der Waals surface area (Å²) in [4.78, 5) is 29.8. The van der Waals surface area contributed by atoms with E-state index in [1.807, 2.05) is 12.1 Å². The molecule has 0 spiro atoms. The lowest BCUT2D eigenvalue weighted by Gasteiger charge is -2.50. The minimum absolute atomic E-state index is 0.0459. The second-order valence-electron chi connectivity index (χ2n) is 10.1. The Labute approximate surface area is 223 Å². The zero-order chi connectivity index (χ0) is 26.5. The van der Waals surface area contributed by atoms with Crippen LogP contribution in [0.3, 0.4) is 0 Å². The quantitative estimate of drug-likeness (QED) is 0.303. The molecule has 5 atom stereocenters. The molecule has 0 bridgehead atoms. The van der Waals surface area contributed by atoms with Crippen LogP contribution in [-0.2, 0) is 15.5 Å². The van der Waals surface area contributed by atoms with E-state index in [2.05, 4.69) is 17.5 Å². The van der Waals surface area contributed by atoms with Gasteiger partial charge in [0, 0.05) is 24.8 Å². The molecule has 0 saturated heterocycles. The maximum Gasteiger partial charge on any atom is 0.469 e. The Morgan fingerprint density at radius 3 is 2.44 bits per heavy atom. The number of nitrogens with zero attached hydrogens (tertiary/aromatic N) is 1. The number of amides is 1. The summed E-state index contributed by atoms with van der Waals surface area (Å²) in [5, 5.41) is 10.5. The number of aliphatic hydroxyl groups is 1. The van der Waals surface area contributed by atoms with E-state index in [0.29, 0.717) is 48.4 Å². The lowest BCUT2D eigenvalue weighted by molar-refractivity contribution is -0.0226. The molecule has 2 saturated carbocycles.